The molecule has 0 saturated carbocycles. The van der Waals surface area contributed by atoms with Gasteiger partial charge in [0.2, 0.25) is 0 Å². The third kappa shape index (κ3) is 19.9. The maximum absolute atomic E-state index is 11.5. The van der Waals surface area contributed by atoms with Crippen LogP contribution in [0.5, 0.6) is 0 Å². The molecule has 0 spiro atoms. The lowest BCUT2D eigenvalue weighted by Gasteiger charge is -2.02. The average Bonchev–Trinajstić information content (AvgIpc) is 2.59. The number of rotatable bonds is 19. The quantitative estimate of drug-likeness (QED) is 0.222. The van der Waals surface area contributed by atoms with E-state index in [9.17, 15) is 4.21 Å². The maximum atomic E-state index is 11.5. The van der Waals surface area contributed by atoms with Crippen molar-refractivity contribution in [2.45, 2.75) is 103 Å². The van der Waals surface area contributed by atoms with E-state index in [1.54, 1.807) is 0 Å². The van der Waals surface area contributed by atoms with Crippen molar-refractivity contribution >= 4 is 10.8 Å². The number of allylic oxidation sites excluding steroid dienone is 2. The monoisotopic (exact) mass is 358 g/mol. The van der Waals surface area contributed by atoms with Crippen molar-refractivity contribution in [2.24, 2.45) is 0 Å². The lowest BCUT2D eigenvalue weighted by Crippen LogP contribution is -2.04. The Morgan fingerprint density at radius 1 is 0.667 bits per heavy atom. The molecule has 0 rings (SSSR count). The van der Waals surface area contributed by atoms with Gasteiger partial charge in [0.25, 0.3) is 0 Å². The molecule has 0 aromatic heterocycles. The van der Waals surface area contributed by atoms with Gasteiger partial charge in [0.15, 0.2) is 0 Å². The third-order valence-corrected chi connectivity index (χ3v) is 5.90. The van der Waals surface area contributed by atoms with Crippen LogP contribution in [0.2, 0.25) is 0 Å². The third-order valence-electron chi connectivity index (χ3n) is 4.41. The Balaban J connectivity index is 3.14. The molecule has 1 unspecified atom stereocenters. The zero-order chi connectivity index (χ0) is 17.7. The van der Waals surface area contributed by atoms with E-state index in [-0.39, 0.29) is 6.61 Å². The zero-order valence-corrected chi connectivity index (χ0v) is 17.0. The van der Waals surface area contributed by atoms with Crippen molar-refractivity contribution in [1.29, 1.82) is 0 Å². The van der Waals surface area contributed by atoms with Crippen LogP contribution in [0.15, 0.2) is 12.2 Å². The summed E-state index contributed by atoms with van der Waals surface area (Å²) in [6.45, 7) is 2.44. The molecule has 0 bridgehead atoms. The van der Waals surface area contributed by atoms with Gasteiger partial charge in [-0.2, -0.15) is 0 Å². The molecule has 0 aromatic carbocycles. The molecular weight excluding hydrogens is 316 g/mol. The second-order valence-electron chi connectivity index (χ2n) is 6.86. The van der Waals surface area contributed by atoms with Gasteiger partial charge in [-0.15, -0.1) is 0 Å². The van der Waals surface area contributed by atoms with Crippen LogP contribution in [0.4, 0.5) is 0 Å². The van der Waals surface area contributed by atoms with Gasteiger partial charge < -0.3 is 5.11 Å². The highest BCUT2D eigenvalue weighted by Crippen LogP contribution is 2.10. The molecule has 0 aliphatic rings. The van der Waals surface area contributed by atoms with E-state index in [0.717, 1.165) is 12.2 Å². The molecule has 1 atom stereocenters. The Bertz CT molecular complexity index is 290. The number of hydrogen-bond acceptors (Lipinski definition) is 2. The summed E-state index contributed by atoms with van der Waals surface area (Å²) in [4.78, 5) is 0. The first kappa shape index (κ1) is 23.9. The maximum Gasteiger partial charge on any atom is 0.0439 e. The minimum atomic E-state index is -0.706. The number of aliphatic hydroxyl groups excluding tert-OH is 1. The van der Waals surface area contributed by atoms with E-state index in [4.69, 9.17) is 5.11 Å². The van der Waals surface area contributed by atoms with E-state index in [1.807, 2.05) is 0 Å². The van der Waals surface area contributed by atoms with Crippen molar-refractivity contribution in [3.8, 4) is 0 Å². The van der Waals surface area contributed by atoms with E-state index >= 15 is 0 Å². The number of hydrogen-bond donors (Lipinski definition) is 1. The Morgan fingerprint density at radius 3 is 1.67 bits per heavy atom. The fourth-order valence-corrected chi connectivity index (χ4v) is 4.02. The largest absolute Gasteiger partial charge is 0.396 e. The van der Waals surface area contributed by atoms with Crippen LogP contribution in [0, 0.1) is 0 Å². The minimum absolute atomic E-state index is 0.166. The van der Waals surface area contributed by atoms with Crippen molar-refractivity contribution in [3.63, 3.8) is 0 Å². The first-order valence-electron chi connectivity index (χ1n) is 10.4. The molecule has 0 amide bonds. The standard InChI is InChI=1S/C21H42O2S/c1-2-3-4-5-6-7-8-9-10-11-12-13-14-15-16-17-20-24(23)21-18-19-22/h9-10,22H,2-8,11-21H2,1H3/b10-9-. The Labute approximate surface area is 154 Å². The molecule has 3 heteroatoms. The van der Waals surface area contributed by atoms with Gasteiger partial charge in [0, 0.05) is 28.9 Å². The highest BCUT2D eigenvalue weighted by molar-refractivity contribution is 7.84. The van der Waals surface area contributed by atoms with Crippen LogP contribution in [-0.4, -0.2) is 27.4 Å². The number of aliphatic hydroxyl groups is 1. The molecule has 0 aliphatic carbocycles. The molecule has 0 heterocycles. The van der Waals surface area contributed by atoms with Gasteiger partial charge in [-0.25, -0.2) is 0 Å². The van der Waals surface area contributed by atoms with Gasteiger partial charge in [0.05, 0.1) is 0 Å². The summed E-state index contributed by atoms with van der Waals surface area (Å²) in [6.07, 6.45) is 23.8. The zero-order valence-electron chi connectivity index (χ0n) is 16.1. The molecule has 0 aromatic rings. The van der Waals surface area contributed by atoms with Gasteiger partial charge in [0.1, 0.15) is 0 Å². The molecular formula is C21H42O2S. The summed E-state index contributed by atoms with van der Waals surface area (Å²) in [5.74, 6) is 1.49. The molecule has 2 nitrogen and oxygen atoms in total. The lowest BCUT2D eigenvalue weighted by atomic mass is 10.1. The van der Waals surface area contributed by atoms with Crippen LogP contribution in [0.25, 0.3) is 0 Å². The highest BCUT2D eigenvalue weighted by Gasteiger charge is 1.99. The fourth-order valence-electron chi connectivity index (χ4n) is 2.84. The topological polar surface area (TPSA) is 37.3 Å². The molecule has 1 N–H and O–H groups in total. The number of unbranched alkanes of at least 4 members (excludes halogenated alkanes) is 12. The Hall–Kier alpha value is -0.150. The summed E-state index contributed by atoms with van der Waals surface area (Å²) >= 11 is 0. The summed E-state index contributed by atoms with van der Waals surface area (Å²) in [5, 5.41) is 8.69. The summed E-state index contributed by atoms with van der Waals surface area (Å²) < 4.78 is 11.5. The van der Waals surface area contributed by atoms with Crippen LogP contribution in [0.3, 0.4) is 0 Å². The summed E-state index contributed by atoms with van der Waals surface area (Å²) in [7, 11) is -0.706. The summed E-state index contributed by atoms with van der Waals surface area (Å²) in [5.41, 5.74) is 0. The van der Waals surface area contributed by atoms with Crippen molar-refractivity contribution in [3.05, 3.63) is 12.2 Å². The Kier molecular flexibility index (Phi) is 20.8. The van der Waals surface area contributed by atoms with E-state index in [1.165, 1.54) is 83.5 Å². The molecule has 144 valence electrons. The van der Waals surface area contributed by atoms with Gasteiger partial charge in [-0.05, 0) is 38.5 Å². The Morgan fingerprint density at radius 2 is 1.12 bits per heavy atom. The van der Waals surface area contributed by atoms with Gasteiger partial charge in [-0.1, -0.05) is 76.9 Å². The van der Waals surface area contributed by atoms with Crippen molar-refractivity contribution in [1.82, 2.24) is 0 Å². The minimum Gasteiger partial charge on any atom is -0.396 e. The predicted octanol–water partition coefficient (Wildman–Crippen LogP) is 6.16. The van der Waals surface area contributed by atoms with Gasteiger partial charge in [-0.3, -0.25) is 4.21 Å². The average molecular weight is 359 g/mol. The molecule has 0 saturated heterocycles. The normalized spacial score (nSPS) is 12.9. The fraction of sp³-hybridized carbons (Fsp3) is 0.905. The van der Waals surface area contributed by atoms with Crippen LogP contribution in [0.1, 0.15) is 103 Å². The van der Waals surface area contributed by atoms with E-state index in [2.05, 4.69) is 19.1 Å². The van der Waals surface area contributed by atoms with Crippen LogP contribution >= 0.6 is 0 Å². The first-order chi connectivity index (χ1) is 11.8. The first-order valence-corrected chi connectivity index (χ1v) is 11.9. The smallest absolute Gasteiger partial charge is 0.0439 e. The molecule has 0 aliphatic heterocycles. The second-order valence-corrected chi connectivity index (χ2v) is 8.56. The lowest BCUT2D eigenvalue weighted by molar-refractivity contribution is 0.296. The molecule has 0 fully saturated rings. The second kappa shape index (κ2) is 20.9. The van der Waals surface area contributed by atoms with E-state index < -0.39 is 10.8 Å². The summed E-state index contributed by atoms with van der Waals surface area (Å²) in [6, 6.07) is 0. The van der Waals surface area contributed by atoms with Crippen LogP contribution < -0.4 is 0 Å². The molecule has 24 heavy (non-hydrogen) atoms. The van der Waals surface area contributed by atoms with Crippen molar-refractivity contribution < 1.29 is 9.32 Å². The van der Waals surface area contributed by atoms with Gasteiger partial charge >= 0.3 is 0 Å². The van der Waals surface area contributed by atoms with Crippen molar-refractivity contribution in [2.75, 3.05) is 18.1 Å². The van der Waals surface area contributed by atoms with E-state index in [0.29, 0.717) is 12.2 Å². The van der Waals surface area contributed by atoms with Crippen LogP contribution in [-0.2, 0) is 10.8 Å². The SMILES string of the molecule is CCCCCCCC/C=C\CCCCCCCCS(=O)CCCO. The predicted molar refractivity (Wildman–Crippen MR) is 109 cm³/mol. The highest BCUT2D eigenvalue weighted by atomic mass is 32.2. The molecule has 0 radical (unpaired) electrons.